The molecule has 0 radical (unpaired) electrons. The van der Waals surface area contributed by atoms with E-state index in [1.165, 1.54) is 6.33 Å². The van der Waals surface area contributed by atoms with Gasteiger partial charge in [0.2, 0.25) is 0 Å². The molecular formula is C27H24N4O2. The van der Waals surface area contributed by atoms with Gasteiger partial charge in [0, 0.05) is 28.7 Å². The van der Waals surface area contributed by atoms with Crippen molar-refractivity contribution in [3.05, 3.63) is 107 Å². The van der Waals surface area contributed by atoms with Crippen LogP contribution < -0.4 is 10.6 Å². The van der Waals surface area contributed by atoms with Crippen LogP contribution in [0.25, 0.3) is 10.9 Å². The fraction of sp³-hybridized carbons (Fsp3) is 0.111. The molecule has 4 rings (SSSR count). The van der Waals surface area contributed by atoms with Gasteiger partial charge in [-0.15, -0.1) is 0 Å². The van der Waals surface area contributed by atoms with Crippen molar-refractivity contribution in [2.24, 2.45) is 0 Å². The lowest BCUT2D eigenvalue weighted by atomic mass is 10.0. The van der Waals surface area contributed by atoms with Gasteiger partial charge in [0.25, 0.3) is 5.91 Å². The van der Waals surface area contributed by atoms with Crippen molar-refractivity contribution in [2.45, 2.75) is 20.4 Å². The number of allylic oxidation sites excluding steroid dienone is 1. The quantitative estimate of drug-likeness (QED) is 0.293. The number of fused-ring (bicyclic) bond motifs is 1. The van der Waals surface area contributed by atoms with Crippen LogP contribution in [-0.2, 0) is 6.54 Å². The Kier molecular flexibility index (Phi) is 6.26. The molecule has 1 aromatic heterocycles. The number of para-hydroxylation sites is 1. The molecule has 33 heavy (non-hydrogen) atoms. The largest absolute Gasteiger partial charge is 0.365 e. The molecule has 0 bridgehead atoms. The zero-order chi connectivity index (χ0) is 23.4. The lowest BCUT2D eigenvalue weighted by Gasteiger charge is -2.12. The van der Waals surface area contributed by atoms with Crippen LogP contribution in [0.4, 0.5) is 11.5 Å². The molecule has 1 heterocycles. The molecule has 0 aliphatic heterocycles. The number of Topliss-reactive ketones (excluding diaryl/α,β-unsaturated/α-hetero) is 1. The molecule has 0 unspecified atom stereocenters. The van der Waals surface area contributed by atoms with Crippen molar-refractivity contribution < 1.29 is 9.59 Å². The van der Waals surface area contributed by atoms with Crippen LogP contribution in [0.15, 0.2) is 85.2 Å². The first-order chi connectivity index (χ1) is 15.9. The normalized spacial score (nSPS) is 10.6. The Bertz CT molecular complexity index is 1360. The van der Waals surface area contributed by atoms with Crippen LogP contribution in [0.3, 0.4) is 0 Å². The van der Waals surface area contributed by atoms with Crippen molar-refractivity contribution >= 4 is 34.1 Å². The van der Waals surface area contributed by atoms with Crippen molar-refractivity contribution in [3.63, 3.8) is 0 Å². The smallest absolute Gasteiger partial charge is 0.255 e. The molecule has 0 atom stereocenters. The Morgan fingerprint density at radius 2 is 1.73 bits per heavy atom. The van der Waals surface area contributed by atoms with Crippen LogP contribution in [0, 0.1) is 6.92 Å². The summed E-state index contributed by atoms with van der Waals surface area (Å²) in [6, 6.07) is 20.5. The van der Waals surface area contributed by atoms with Gasteiger partial charge in [-0.25, -0.2) is 9.97 Å². The summed E-state index contributed by atoms with van der Waals surface area (Å²) < 4.78 is 0. The van der Waals surface area contributed by atoms with Crippen LogP contribution >= 0.6 is 0 Å². The van der Waals surface area contributed by atoms with E-state index >= 15 is 0 Å². The molecule has 2 N–H and O–H groups in total. The predicted octanol–water partition coefficient (Wildman–Crippen LogP) is 5.56. The van der Waals surface area contributed by atoms with E-state index in [0.29, 0.717) is 40.3 Å². The van der Waals surface area contributed by atoms with Gasteiger partial charge < -0.3 is 10.6 Å². The summed E-state index contributed by atoms with van der Waals surface area (Å²) in [6.07, 6.45) is 1.44. The Balaban J connectivity index is 1.51. The third-order valence-corrected chi connectivity index (χ3v) is 5.26. The summed E-state index contributed by atoms with van der Waals surface area (Å²) in [7, 11) is 0. The molecule has 3 aromatic carbocycles. The highest BCUT2D eigenvalue weighted by Crippen LogP contribution is 2.24. The molecule has 4 aromatic rings. The van der Waals surface area contributed by atoms with E-state index in [1.54, 1.807) is 13.0 Å². The average Bonchev–Trinajstić information content (AvgIpc) is 2.82. The van der Waals surface area contributed by atoms with Gasteiger partial charge in [-0.05, 0) is 61.4 Å². The third-order valence-electron chi connectivity index (χ3n) is 5.26. The maximum atomic E-state index is 12.5. The Labute approximate surface area is 192 Å². The minimum Gasteiger partial charge on any atom is -0.365 e. The lowest BCUT2D eigenvalue weighted by Crippen LogP contribution is -2.12. The molecule has 0 saturated carbocycles. The first-order valence-electron chi connectivity index (χ1n) is 10.6. The fourth-order valence-corrected chi connectivity index (χ4v) is 3.49. The average molecular weight is 437 g/mol. The summed E-state index contributed by atoms with van der Waals surface area (Å²) in [5.41, 5.74) is 4.94. The highest BCUT2D eigenvalue weighted by Gasteiger charge is 2.14. The number of carbonyl (C=O) groups excluding carboxylic acids is 2. The summed E-state index contributed by atoms with van der Waals surface area (Å²) >= 11 is 0. The highest BCUT2D eigenvalue weighted by molar-refractivity contribution is 6.15. The summed E-state index contributed by atoms with van der Waals surface area (Å²) in [4.78, 5) is 33.7. The summed E-state index contributed by atoms with van der Waals surface area (Å²) in [5.74, 6) is 0.337. The molecule has 1 amide bonds. The molecule has 0 fully saturated rings. The van der Waals surface area contributed by atoms with E-state index in [-0.39, 0.29) is 11.7 Å². The lowest BCUT2D eigenvalue weighted by molar-refractivity contribution is 0.102. The van der Waals surface area contributed by atoms with Crippen LogP contribution in [0.5, 0.6) is 0 Å². The van der Waals surface area contributed by atoms with E-state index in [2.05, 4.69) is 27.2 Å². The second kappa shape index (κ2) is 9.44. The van der Waals surface area contributed by atoms with Gasteiger partial charge in [-0.3, -0.25) is 9.59 Å². The number of nitrogens with one attached hydrogen (secondary N) is 2. The molecule has 6 nitrogen and oxygen atoms in total. The molecule has 0 saturated heterocycles. The number of amides is 1. The van der Waals surface area contributed by atoms with Crippen molar-refractivity contribution in [3.8, 4) is 0 Å². The fourth-order valence-electron chi connectivity index (χ4n) is 3.49. The van der Waals surface area contributed by atoms with Gasteiger partial charge in [-0.2, -0.15) is 0 Å². The van der Waals surface area contributed by atoms with E-state index in [4.69, 9.17) is 0 Å². The third kappa shape index (κ3) is 4.96. The van der Waals surface area contributed by atoms with Gasteiger partial charge in [0.15, 0.2) is 5.78 Å². The Morgan fingerprint density at radius 3 is 2.48 bits per heavy atom. The molecular weight excluding hydrogens is 412 g/mol. The first kappa shape index (κ1) is 21.9. The first-order valence-corrected chi connectivity index (χ1v) is 10.6. The van der Waals surface area contributed by atoms with E-state index in [0.717, 1.165) is 16.5 Å². The predicted molar refractivity (Wildman–Crippen MR) is 132 cm³/mol. The summed E-state index contributed by atoms with van der Waals surface area (Å²) in [5, 5.41) is 7.02. The monoisotopic (exact) mass is 436 g/mol. The molecule has 0 aliphatic rings. The number of aryl methyl sites for hydroxylation is 1. The number of rotatable bonds is 7. The van der Waals surface area contributed by atoms with Crippen molar-refractivity contribution in [1.82, 2.24) is 9.97 Å². The van der Waals surface area contributed by atoms with Crippen molar-refractivity contribution in [1.29, 1.82) is 0 Å². The highest BCUT2D eigenvalue weighted by atomic mass is 16.1. The van der Waals surface area contributed by atoms with Crippen LogP contribution in [-0.4, -0.2) is 21.7 Å². The second-order valence-electron chi connectivity index (χ2n) is 7.91. The van der Waals surface area contributed by atoms with Gasteiger partial charge in [-0.1, -0.05) is 42.5 Å². The minimum absolute atomic E-state index is 0.137. The maximum absolute atomic E-state index is 12.5. The number of anilines is 2. The number of hydrogen-bond acceptors (Lipinski definition) is 5. The molecule has 6 heteroatoms. The minimum atomic E-state index is -0.156. The zero-order valence-corrected chi connectivity index (χ0v) is 18.6. The Hall–Kier alpha value is -4.32. The van der Waals surface area contributed by atoms with E-state index in [9.17, 15) is 9.59 Å². The van der Waals surface area contributed by atoms with Gasteiger partial charge in [0.1, 0.15) is 12.1 Å². The molecule has 0 aliphatic carbocycles. The van der Waals surface area contributed by atoms with Crippen LogP contribution in [0.2, 0.25) is 0 Å². The molecule has 0 spiro atoms. The topological polar surface area (TPSA) is 84.0 Å². The Morgan fingerprint density at radius 1 is 0.970 bits per heavy atom. The SMILES string of the molecule is C=C(C)C(=O)c1cccc2c(NCc3cccc(NC(=O)c4ccc(C)cc4)c3)ncnc12. The van der Waals surface area contributed by atoms with Gasteiger partial charge >= 0.3 is 0 Å². The number of carbonyl (C=O) groups is 2. The van der Waals surface area contributed by atoms with E-state index in [1.807, 2.05) is 67.6 Å². The van der Waals surface area contributed by atoms with Gasteiger partial charge in [0.05, 0.1) is 5.52 Å². The molecule has 164 valence electrons. The number of hydrogen-bond donors (Lipinski definition) is 2. The standard InChI is InChI=1S/C27H24N4O2/c1-17(2)25(32)22-8-5-9-23-24(22)29-16-30-26(23)28-15-19-6-4-7-21(14-19)31-27(33)20-12-10-18(3)11-13-20/h4-14,16H,1,15H2,2-3H3,(H,31,33)(H,28,29,30). The number of ketones is 1. The maximum Gasteiger partial charge on any atom is 0.255 e. The number of aromatic nitrogens is 2. The second-order valence-corrected chi connectivity index (χ2v) is 7.91. The summed E-state index contributed by atoms with van der Waals surface area (Å²) in [6.45, 7) is 7.91. The van der Waals surface area contributed by atoms with Crippen molar-refractivity contribution in [2.75, 3.05) is 10.6 Å². The number of nitrogens with zero attached hydrogens (tertiary/aromatic N) is 2. The van der Waals surface area contributed by atoms with E-state index < -0.39 is 0 Å². The zero-order valence-electron chi connectivity index (χ0n) is 18.6. The number of benzene rings is 3. The van der Waals surface area contributed by atoms with Crippen LogP contribution in [0.1, 0.15) is 38.8 Å².